The maximum atomic E-state index is 5.74. The number of fused-ring (bicyclic) bond motifs is 3. The van der Waals surface area contributed by atoms with Crippen LogP contribution in [-0.4, -0.2) is 7.69 Å². The van der Waals surface area contributed by atoms with E-state index in [9.17, 15) is 0 Å². The highest BCUT2D eigenvalue weighted by Crippen LogP contribution is 2.44. The van der Waals surface area contributed by atoms with Gasteiger partial charge in [-0.1, -0.05) is 48.5 Å². The van der Waals surface area contributed by atoms with E-state index in [2.05, 4.69) is 52.7 Å². The SMILES string of the molecule is BrOBOC1c2ccccc2-c2ccccc21. The van der Waals surface area contributed by atoms with Gasteiger partial charge in [0.05, 0.1) is 22.4 Å². The molecule has 4 heteroatoms. The Morgan fingerprint density at radius 1 is 0.882 bits per heavy atom. The molecule has 0 spiro atoms. The molecule has 0 amide bonds. The summed E-state index contributed by atoms with van der Waals surface area (Å²) in [5.41, 5.74) is 4.92. The first-order valence-corrected chi connectivity index (χ1v) is 6.10. The number of benzene rings is 2. The average Bonchev–Trinajstić information content (AvgIpc) is 2.71. The Hall–Kier alpha value is -1.10. The van der Waals surface area contributed by atoms with Crippen molar-refractivity contribution in [3.63, 3.8) is 0 Å². The third-order valence-corrected chi connectivity index (χ3v) is 3.24. The highest BCUT2D eigenvalue weighted by molar-refractivity contribution is 9.06. The summed E-state index contributed by atoms with van der Waals surface area (Å²) >= 11 is 2.91. The van der Waals surface area contributed by atoms with Crippen molar-refractivity contribution in [1.29, 1.82) is 0 Å². The summed E-state index contributed by atoms with van der Waals surface area (Å²) in [5, 5.41) is 0. The molecule has 2 nitrogen and oxygen atoms in total. The van der Waals surface area contributed by atoms with Crippen LogP contribution in [0.2, 0.25) is 0 Å². The van der Waals surface area contributed by atoms with Gasteiger partial charge in [0, 0.05) is 0 Å². The van der Waals surface area contributed by atoms with E-state index in [1.165, 1.54) is 22.3 Å². The summed E-state index contributed by atoms with van der Waals surface area (Å²) in [5.74, 6) is 0. The van der Waals surface area contributed by atoms with Gasteiger partial charge in [-0.25, -0.2) is 0 Å². The molecule has 0 radical (unpaired) electrons. The lowest BCUT2D eigenvalue weighted by atomic mass is 10.1. The van der Waals surface area contributed by atoms with E-state index in [4.69, 9.17) is 8.40 Å². The van der Waals surface area contributed by atoms with Crippen LogP contribution >= 0.6 is 16.3 Å². The molecule has 0 saturated heterocycles. The van der Waals surface area contributed by atoms with Crippen LogP contribution in [0.25, 0.3) is 11.1 Å². The molecule has 0 saturated carbocycles. The Bertz CT molecular complexity index is 499. The highest BCUT2D eigenvalue weighted by Gasteiger charge is 2.28. The lowest BCUT2D eigenvalue weighted by Gasteiger charge is -2.13. The third-order valence-electron chi connectivity index (χ3n) is 3.06. The second-order valence-electron chi connectivity index (χ2n) is 3.95. The van der Waals surface area contributed by atoms with E-state index in [0.29, 0.717) is 0 Å². The number of rotatable bonds is 3. The first kappa shape index (κ1) is 11.0. The van der Waals surface area contributed by atoms with Gasteiger partial charge in [0.25, 0.3) is 0 Å². The van der Waals surface area contributed by atoms with Crippen LogP contribution in [0.3, 0.4) is 0 Å². The van der Waals surface area contributed by atoms with Crippen molar-refractivity contribution < 1.29 is 8.40 Å². The molecule has 0 unspecified atom stereocenters. The first-order chi connectivity index (χ1) is 8.42. The molecule has 0 N–H and O–H groups in total. The quantitative estimate of drug-likeness (QED) is 0.806. The van der Waals surface area contributed by atoms with Crippen LogP contribution in [0.4, 0.5) is 0 Å². The number of hydrogen-bond donors (Lipinski definition) is 0. The fraction of sp³-hybridized carbons (Fsp3) is 0.0769. The van der Waals surface area contributed by atoms with E-state index < -0.39 is 0 Å². The second kappa shape index (κ2) is 4.65. The van der Waals surface area contributed by atoms with Crippen LogP contribution in [0, 0.1) is 0 Å². The van der Waals surface area contributed by atoms with Crippen molar-refractivity contribution in [3.8, 4) is 11.1 Å². The van der Waals surface area contributed by atoms with Gasteiger partial charge >= 0.3 is 7.69 Å². The third kappa shape index (κ3) is 1.82. The summed E-state index contributed by atoms with van der Waals surface area (Å²) in [6, 6.07) is 16.7. The molecule has 0 aliphatic heterocycles. The molecule has 2 aromatic carbocycles. The minimum Gasteiger partial charge on any atom is -0.402 e. The van der Waals surface area contributed by atoms with Crippen LogP contribution < -0.4 is 0 Å². The van der Waals surface area contributed by atoms with Crippen LogP contribution in [0.5, 0.6) is 0 Å². The molecule has 2 aromatic rings. The Morgan fingerprint density at radius 3 is 1.94 bits per heavy atom. The van der Waals surface area contributed by atoms with E-state index in [0.717, 1.165) is 0 Å². The van der Waals surface area contributed by atoms with E-state index in [1.54, 1.807) is 0 Å². The Morgan fingerprint density at radius 2 is 1.41 bits per heavy atom. The smallest absolute Gasteiger partial charge is 0.402 e. The molecule has 0 atom stereocenters. The minimum atomic E-state index is -0.0278. The van der Waals surface area contributed by atoms with Crippen LogP contribution in [-0.2, 0) is 8.40 Å². The highest BCUT2D eigenvalue weighted by atomic mass is 79.9. The minimum absolute atomic E-state index is 0.0278. The summed E-state index contributed by atoms with van der Waals surface area (Å²) in [6.45, 7) is 0. The van der Waals surface area contributed by atoms with Crippen molar-refractivity contribution >= 4 is 23.9 Å². The van der Waals surface area contributed by atoms with E-state index in [-0.39, 0.29) is 13.8 Å². The molecule has 17 heavy (non-hydrogen) atoms. The summed E-state index contributed by atoms with van der Waals surface area (Å²) in [7, 11) is 0.229. The fourth-order valence-corrected chi connectivity index (χ4v) is 2.49. The van der Waals surface area contributed by atoms with Gasteiger partial charge < -0.3 is 8.40 Å². The summed E-state index contributed by atoms with van der Waals surface area (Å²) in [4.78, 5) is 0. The maximum Gasteiger partial charge on any atom is 0.450 e. The van der Waals surface area contributed by atoms with Crippen LogP contribution in [0.15, 0.2) is 48.5 Å². The fourth-order valence-electron chi connectivity index (χ4n) is 2.38. The van der Waals surface area contributed by atoms with Crippen molar-refractivity contribution in [2.75, 3.05) is 0 Å². The summed E-state index contributed by atoms with van der Waals surface area (Å²) < 4.78 is 10.6. The van der Waals surface area contributed by atoms with Gasteiger partial charge in [0.2, 0.25) is 0 Å². The Labute approximate surface area is 109 Å². The molecule has 1 aliphatic rings. The van der Waals surface area contributed by atoms with Gasteiger partial charge in [-0.3, -0.25) is 0 Å². The first-order valence-electron chi connectivity index (χ1n) is 5.45. The molecule has 0 heterocycles. The van der Waals surface area contributed by atoms with Gasteiger partial charge in [-0.15, -0.1) is 0 Å². The molecule has 84 valence electrons. The van der Waals surface area contributed by atoms with E-state index >= 15 is 0 Å². The second-order valence-corrected chi connectivity index (χ2v) is 4.41. The number of hydrogen-bond acceptors (Lipinski definition) is 2. The van der Waals surface area contributed by atoms with Crippen molar-refractivity contribution in [1.82, 2.24) is 0 Å². The maximum absolute atomic E-state index is 5.74. The van der Waals surface area contributed by atoms with Crippen molar-refractivity contribution in [2.24, 2.45) is 0 Å². The van der Waals surface area contributed by atoms with Gasteiger partial charge in [0.1, 0.15) is 0 Å². The molecule has 0 fully saturated rings. The zero-order chi connectivity index (χ0) is 11.7. The van der Waals surface area contributed by atoms with E-state index in [1.807, 2.05) is 12.1 Å². The largest absolute Gasteiger partial charge is 0.450 e. The van der Waals surface area contributed by atoms with Crippen molar-refractivity contribution in [2.45, 2.75) is 6.10 Å². The lowest BCUT2D eigenvalue weighted by molar-refractivity contribution is 0.239. The standard InChI is InChI=1S/C13H10BBrO2/c15-17-14-16-13-11-7-3-1-5-9(11)10-6-2-4-8-12(10)13/h1-8,13-14H. The Kier molecular flexibility index (Phi) is 3.01. The van der Waals surface area contributed by atoms with Crippen molar-refractivity contribution in [3.05, 3.63) is 59.7 Å². The molecule has 3 rings (SSSR count). The molecular formula is C13H10BBrO2. The zero-order valence-corrected chi connectivity index (χ0v) is 10.7. The normalized spacial score (nSPS) is 13.2. The summed E-state index contributed by atoms with van der Waals surface area (Å²) in [6.07, 6.45) is -0.0278. The van der Waals surface area contributed by atoms with Crippen LogP contribution in [0.1, 0.15) is 17.2 Å². The molecule has 0 aromatic heterocycles. The molecular weight excluding hydrogens is 279 g/mol. The number of halogens is 1. The molecule has 1 aliphatic carbocycles. The van der Waals surface area contributed by atoms with Gasteiger partial charge in [0.15, 0.2) is 0 Å². The topological polar surface area (TPSA) is 18.5 Å². The molecule has 0 bridgehead atoms. The Balaban J connectivity index is 2.10. The predicted molar refractivity (Wildman–Crippen MR) is 72.0 cm³/mol. The predicted octanol–water partition coefficient (Wildman–Crippen LogP) is 3.37. The average molecular weight is 289 g/mol. The van der Waals surface area contributed by atoms with Gasteiger partial charge in [-0.05, 0) is 22.3 Å². The zero-order valence-electron chi connectivity index (χ0n) is 9.10. The monoisotopic (exact) mass is 288 g/mol. The van der Waals surface area contributed by atoms with Gasteiger partial charge in [-0.2, -0.15) is 0 Å². The lowest BCUT2D eigenvalue weighted by Crippen LogP contribution is -2.06.